The van der Waals surface area contributed by atoms with Crippen molar-refractivity contribution in [2.45, 2.75) is 314 Å². The fourth-order valence-electron chi connectivity index (χ4n) is 9.45. The monoisotopic (exact) mass is 1060 g/mol. The van der Waals surface area contributed by atoms with Crippen LogP contribution in [0.3, 0.4) is 0 Å². The van der Waals surface area contributed by atoms with Crippen LogP contribution >= 0.6 is 0 Å². The van der Waals surface area contributed by atoms with Gasteiger partial charge in [0.15, 0.2) is 6.29 Å². The van der Waals surface area contributed by atoms with Crippen LogP contribution in [0, 0.1) is 0 Å². The van der Waals surface area contributed by atoms with E-state index in [1.54, 1.807) is 0 Å². The number of aliphatic hydroxyl groups excluding tert-OH is 3. The van der Waals surface area contributed by atoms with Crippen molar-refractivity contribution in [3.05, 3.63) is 36.5 Å². The first-order chi connectivity index (χ1) is 35.6. The van der Waals surface area contributed by atoms with Gasteiger partial charge in [-0.3, -0.25) is 9.35 Å². The van der Waals surface area contributed by atoms with E-state index in [0.717, 1.165) is 57.8 Å². The summed E-state index contributed by atoms with van der Waals surface area (Å²) in [6.45, 7) is 4.02. The minimum Gasteiger partial charge on any atom is -0.457 e. The number of hydrogen-bond donors (Lipinski definition) is 4. The van der Waals surface area contributed by atoms with E-state index < -0.39 is 59.8 Å². The van der Waals surface area contributed by atoms with Crippen LogP contribution in [0.5, 0.6) is 0 Å². The minimum absolute atomic E-state index is 0.0323. The van der Waals surface area contributed by atoms with Crippen LogP contribution in [0.4, 0.5) is 0 Å². The van der Waals surface area contributed by atoms with Crippen LogP contribution in [0.2, 0.25) is 0 Å². The van der Waals surface area contributed by atoms with Crippen molar-refractivity contribution < 1.29 is 56.2 Å². The molecular weight excluding hydrogens is 945 g/mol. The predicted molar refractivity (Wildman–Crippen MR) is 299 cm³/mol. The number of unbranched alkanes of at least 4 members (excludes halogenated alkanes) is 35. The lowest BCUT2D eigenvalue weighted by Gasteiger charge is -2.41. The summed E-state index contributed by atoms with van der Waals surface area (Å²) in [5.41, 5.74) is 0. The van der Waals surface area contributed by atoms with Crippen molar-refractivity contribution in [2.75, 3.05) is 26.4 Å². The molecule has 13 heteroatoms. The normalized spacial score (nSPS) is 19.0. The Kier molecular flexibility index (Phi) is 48.5. The van der Waals surface area contributed by atoms with E-state index in [1.807, 2.05) is 0 Å². The summed E-state index contributed by atoms with van der Waals surface area (Å²) in [5, 5.41) is 30.9. The maximum atomic E-state index is 13.0. The van der Waals surface area contributed by atoms with E-state index in [-0.39, 0.29) is 19.6 Å². The Morgan fingerprint density at radius 1 is 0.521 bits per heavy atom. The van der Waals surface area contributed by atoms with Crippen molar-refractivity contribution >= 4 is 16.4 Å². The third-order valence-corrected chi connectivity index (χ3v) is 14.5. The molecule has 1 aliphatic heterocycles. The highest BCUT2D eigenvalue weighted by atomic mass is 32.3. The van der Waals surface area contributed by atoms with Crippen molar-refractivity contribution in [1.29, 1.82) is 0 Å². The Bertz CT molecular complexity index is 1410. The molecule has 73 heavy (non-hydrogen) atoms. The fourth-order valence-corrected chi connectivity index (χ4v) is 9.96. The van der Waals surface area contributed by atoms with Gasteiger partial charge >= 0.3 is 16.4 Å². The summed E-state index contributed by atoms with van der Waals surface area (Å²) in [7, 11) is -5.07. The number of allylic oxidation sites excluding steroid dienone is 6. The fraction of sp³-hybridized carbons (Fsp3) is 0.883. The van der Waals surface area contributed by atoms with Crippen molar-refractivity contribution in [2.24, 2.45) is 0 Å². The molecule has 12 nitrogen and oxygen atoms in total. The quantitative estimate of drug-likeness (QED) is 0.0196. The average molecular weight is 1060 g/mol. The number of hydrogen-bond acceptors (Lipinski definition) is 11. The molecule has 1 saturated heterocycles. The van der Waals surface area contributed by atoms with E-state index in [1.165, 1.54) is 193 Å². The van der Waals surface area contributed by atoms with Gasteiger partial charge in [0.2, 0.25) is 0 Å². The first-order valence-electron chi connectivity index (χ1n) is 30.2. The molecule has 1 aliphatic rings. The van der Waals surface area contributed by atoms with Gasteiger partial charge in [-0.1, -0.05) is 256 Å². The van der Waals surface area contributed by atoms with Crippen LogP contribution in [0.1, 0.15) is 277 Å². The first-order valence-corrected chi connectivity index (χ1v) is 31.6. The van der Waals surface area contributed by atoms with Gasteiger partial charge in [-0.2, -0.15) is 8.42 Å². The molecule has 0 aliphatic carbocycles. The van der Waals surface area contributed by atoms with E-state index >= 15 is 0 Å². The molecule has 0 spiro atoms. The maximum absolute atomic E-state index is 13.0. The Morgan fingerprint density at radius 2 is 0.904 bits per heavy atom. The molecule has 0 saturated carbocycles. The second-order valence-corrected chi connectivity index (χ2v) is 22.0. The molecule has 0 amide bonds. The summed E-state index contributed by atoms with van der Waals surface area (Å²) in [6.07, 6.45) is 54.7. The third kappa shape index (κ3) is 44.1. The highest BCUT2D eigenvalue weighted by molar-refractivity contribution is 7.80. The number of aliphatic hydroxyl groups is 3. The van der Waals surface area contributed by atoms with Crippen molar-refractivity contribution in [1.82, 2.24) is 0 Å². The summed E-state index contributed by atoms with van der Waals surface area (Å²) in [5.74, 6) is -0.397. The van der Waals surface area contributed by atoms with Gasteiger partial charge in [-0.25, -0.2) is 4.18 Å². The van der Waals surface area contributed by atoms with Gasteiger partial charge < -0.3 is 34.3 Å². The van der Waals surface area contributed by atoms with E-state index in [9.17, 15) is 33.1 Å². The second kappa shape index (κ2) is 51.1. The lowest BCUT2D eigenvalue weighted by atomic mass is 9.99. The number of carbonyl (C=O) groups excluding carboxylic acids is 1. The van der Waals surface area contributed by atoms with Gasteiger partial charge in [0.1, 0.15) is 30.5 Å². The molecule has 6 unspecified atom stereocenters. The van der Waals surface area contributed by atoms with Crippen LogP contribution in [-0.4, -0.2) is 97.5 Å². The zero-order valence-electron chi connectivity index (χ0n) is 46.7. The Hall–Kier alpha value is -1.68. The molecule has 0 aromatic carbocycles. The molecule has 430 valence electrons. The van der Waals surface area contributed by atoms with Crippen LogP contribution in [0.25, 0.3) is 0 Å². The second-order valence-electron chi connectivity index (χ2n) is 20.9. The molecule has 6 atom stereocenters. The summed E-state index contributed by atoms with van der Waals surface area (Å²) in [6, 6.07) is 0. The topological polar surface area (TPSA) is 178 Å². The average Bonchev–Trinajstić information content (AvgIpc) is 3.37. The smallest absolute Gasteiger partial charge is 0.397 e. The Balaban J connectivity index is 2.28. The summed E-state index contributed by atoms with van der Waals surface area (Å²) < 4.78 is 59.5. The lowest BCUT2D eigenvalue weighted by Crippen LogP contribution is -2.60. The number of rotatable bonds is 54. The molecule has 0 bridgehead atoms. The third-order valence-electron chi connectivity index (χ3n) is 14.0. The van der Waals surface area contributed by atoms with Crippen molar-refractivity contribution in [3.63, 3.8) is 0 Å². The highest BCUT2D eigenvalue weighted by Crippen LogP contribution is 2.26. The standard InChI is InChI=1S/C60H112O12S/c1-3-5-7-9-11-13-15-17-19-21-23-25-27-28-29-31-33-35-37-39-41-43-45-47-49-56(62)70-54(53-69-60-58(64)59(72-73(65,66)67)57(63)55(51-61)71-60)52-68-50-48-46-44-42-40-38-36-34-32-30-26-24-22-20-18-16-14-12-10-8-6-4-2/h16,18,22,24,30,32,54-55,57-61,63-64H,3-15,17,19-21,23,25-29,31,33-53H2,1-2H3,(H,65,66,67)/b18-16-,24-22-,32-30-. The van der Waals surface area contributed by atoms with Crippen molar-refractivity contribution in [3.8, 4) is 0 Å². The van der Waals surface area contributed by atoms with Gasteiger partial charge in [0.05, 0.1) is 19.8 Å². The van der Waals surface area contributed by atoms with Gasteiger partial charge in [0, 0.05) is 13.0 Å². The maximum Gasteiger partial charge on any atom is 0.397 e. The predicted octanol–water partition coefficient (Wildman–Crippen LogP) is 15.3. The minimum atomic E-state index is -5.07. The van der Waals surface area contributed by atoms with Gasteiger partial charge in [-0.15, -0.1) is 0 Å². The number of ether oxygens (including phenoxy) is 4. The first kappa shape index (κ1) is 69.3. The van der Waals surface area contributed by atoms with E-state index in [0.29, 0.717) is 13.0 Å². The molecule has 1 heterocycles. The highest BCUT2D eigenvalue weighted by Gasteiger charge is 2.48. The summed E-state index contributed by atoms with van der Waals surface area (Å²) in [4.78, 5) is 13.0. The largest absolute Gasteiger partial charge is 0.457 e. The van der Waals surface area contributed by atoms with Gasteiger partial charge in [0.25, 0.3) is 0 Å². The molecule has 0 aromatic heterocycles. The number of esters is 1. The van der Waals surface area contributed by atoms with E-state index in [4.69, 9.17) is 18.9 Å². The molecule has 1 rings (SSSR count). The Morgan fingerprint density at radius 3 is 1.32 bits per heavy atom. The van der Waals surface area contributed by atoms with Crippen LogP contribution in [0.15, 0.2) is 36.5 Å². The number of carbonyl (C=O) groups is 1. The molecule has 0 aromatic rings. The zero-order chi connectivity index (χ0) is 53.1. The lowest BCUT2D eigenvalue weighted by molar-refractivity contribution is -0.301. The molecule has 4 N–H and O–H groups in total. The summed E-state index contributed by atoms with van der Waals surface area (Å²) >= 11 is 0. The SMILES string of the molecule is CCCCCCC/C=C\C/C=C\C/C=C\CCCCCCCCCOCC(COC1OC(CO)C(O)C(OS(=O)(=O)O)C1O)OC(=O)CCCCCCCCCCCCCCCCCCCCCCCCCC. The Labute approximate surface area is 447 Å². The van der Waals surface area contributed by atoms with E-state index in [2.05, 4.69) is 54.5 Å². The zero-order valence-corrected chi connectivity index (χ0v) is 47.5. The molecule has 0 radical (unpaired) electrons. The van der Waals surface area contributed by atoms with Gasteiger partial charge in [-0.05, 0) is 51.4 Å². The molecule has 1 fully saturated rings. The molecular formula is C60H112O12S. The van der Waals surface area contributed by atoms with Crippen LogP contribution < -0.4 is 0 Å². The van der Waals surface area contributed by atoms with Crippen LogP contribution in [-0.2, 0) is 38.3 Å².